The molecule has 0 fully saturated rings. The first kappa shape index (κ1) is 29.2. The van der Waals surface area contributed by atoms with Gasteiger partial charge in [0.2, 0.25) is 0 Å². The summed E-state index contributed by atoms with van der Waals surface area (Å²) in [6.45, 7) is 5.79. The van der Waals surface area contributed by atoms with Crippen molar-refractivity contribution >= 4 is 17.7 Å². The fraction of sp³-hybridized carbons (Fsp3) is 0.345. The minimum atomic E-state index is -4.49. The normalized spacial score (nSPS) is 12.1. The molecule has 38 heavy (non-hydrogen) atoms. The predicted octanol–water partition coefficient (Wildman–Crippen LogP) is 7.95. The molecule has 0 amide bonds. The van der Waals surface area contributed by atoms with Gasteiger partial charge in [-0.05, 0) is 80.8 Å². The second-order valence-corrected chi connectivity index (χ2v) is 9.53. The highest BCUT2D eigenvalue weighted by Crippen LogP contribution is 2.39. The summed E-state index contributed by atoms with van der Waals surface area (Å²) < 4.78 is 62.1. The Kier molecular flexibility index (Phi) is 10.8. The maximum Gasteiger partial charge on any atom is 0.416 e. The molecule has 0 N–H and O–H groups in total. The van der Waals surface area contributed by atoms with Crippen LogP contribution in [0.5, 0.6) is 23.0 Å². The number of benzene rings is 3. The molecule has 5 nitrogen and oxygen atoms in total. The van der Waals surface area contributed by atoms with Crippen molar-refractivity contribution in [1.82, 2.24) is 0 Å². The molecule has 0 saturated heterocycles. The predicted molar refractivity (Wildman–Crippen MR) is 141 cm³/mol. The van der Waals surface area contributed by atoms with E-state index in [1.807, 2.05) is 32.0 Å². The SMILES string of the molecule is CCOC(=O)COc1ccc(SCCC(C)Oc2ccc(C(F)(F)F)cc2Oc2ccccc2)cc1CC. The van der Waals surface area contributed by atoms with Gasteiger partial charge in [-0.2, -0.15) is 13.2 Å². The average molecular weight is 549 g/mol. The first-order valence-electron chi connectivity index (χ1n) is 12.3. The molecule has 0 aliphatic carbocycles. The van der Waals surface area contributed by atoms with Crippen molar-refractivity contribution in [1.29, 1.82) is 0 Å². The zero-order chi connectivity index (χ0) is 27.5. The highest BCUT2D eigenvalue weighted by molar-refractivity contribution is 7.99. The molecule has 0 aliphatic heterocycles. The molecule has 0 saturated carbocycles. The number of para-hydroxylation sites is 1. The zero-order valence-electron chi connectivity index (χ0n) is 21.5. The smallest absolute Gasteiger partial charge is 0.416 e. The maximum atomic E-state index is 13.3. The quantitative estimate of drug-likeness (QED) is 0.160. The van der Waals surface area contributed by atoms with E-state index in [2.05, 4.69) is 0 Å². The highest BCUT2D eigenvalue weighted by Gasteiger charge is 2.31. The third-order valence-corrected chi connectivity index (χ3v) is 6.45. The molecule has 3 aromatic rings. The first-order valence-corrected chi connectivity index (χ1v) is 13.3. The number of hydrogen-bond donors (Lipinski definition) is 0. The summed E-state index contributed by atoms with van der Waals surface area (Å²) in [6.07, 6.45) is -3.37. The van der Waals surface area contributed by atoms with Crippen LogP contribution in [0, 0.1) is 0 Å². The fourth-order valence-corrected chi connectivity index (χ4v) is 4.57. The maximum absolute atomic E-state index is 13.3. The number of aryl methyl sites for hydroxylation is 1. The highest BCUT2D eigenvalue weighted by atomic mass is 32.2. The van der Waals surface area contributed by atoms with Crippen LogP contribution in [0.3, 0.4) is 0 Å². The number of esters is 1. The van der Waals surface area contributed by atoms with Gasteiger partial charge in [0, 0.05) is 10.6 Å². The lowest BCUT2D eigenvalue weighted by atomic mass is 10.1. The lowest BCUT2D eigenvalue weighted by Gasteiger charge is -2.19. The summed E-state index contributed by atoms with van der Waals surface area (Å²) >= 11 is 1.64. The number of rotatable bonds is 13. The standard InChI is InChI=1S/C29H31F3O5S/c1-4-21-17-24(12-14-25(21)35-19-28(33)34-5-2)38-16-15-20(3)36-26-13-11-22(29(30,31)32)18-27(26)37-23-9-7-6-8-10-23/h6-14,17-18,20H,4-5,15-16,19H2,1-3H3. The number of carbonyl (C=O) groups is 1. The van der Waals surface area contributed by atoms with Gasteiger partial charge >= 0.3 is 12.1 Å². The molecule has 1 atom stereocenters. The van der Waals surface area contributed by atoms with Crippen LogP contribution in [0.15, 0.2) is 71.6 Å². The van der Waals surface area contributed by atoms with Crippen molar-refractivity contribution in [2.45, 2.75) is 50.8 Å². The largest absolute Gasteiger partial charge is 0.487 e. The van der Waals surface area contributed by atoms with Gasteiger partial charge in [-0.25, -0.2) is 4.79 Å². The van der Waals surface area contributed by atoms with Crippen LogP contribution in [-0.4, -0.2) is 31.0 Å². The topological polar surface area (TPSA) is 54.0 Å². The Hall–Kier alpha value is -3.33. The Morgan fingerprint density at radius 1 is 0.947 bits per heavy atom. The first-order chi connectivity index (χ1) is 18.2. The summed E-state index contributed by atoms with van der Waals surface area (Å²) in [6, 6.07) is 17.7. The monoisotopic (exact) mass is 548 g/mol. The van der Waals surface area contributed by atoms with E-state index in [4.69, 9.17) is 18.9 Å². The van der Waals surface area contributed by atoms with Crippen LogP contribution >= 0.6 is 11.8 Å². The lowest BCUT2D eigenvalue weighted by Crippen LogP contribution is -2.15. The minimum Gasteiger partial charge on any atom is -0.487 e. The summed E-state index contributed by atoms with van der Waals surface area (Å²) in [7, 11) is 0. The van der Waals surface area contributed by atoms with E-state index >= 15 is 0 Å². The van der Waals surface area contributed by atoms with Gasteiger partial charge in [0.15, 0.2) is 18.1 Å². The van der Waals surface area contributed by atoms with Gasteiger partial charge in [-0.3, -0.25) is 0 Å². The average Bonchev–Trinajstić information content (AvgIpc) is 2.89. The molecule has 0 bridgehead atoms. The third kappa shape index (κ3) is 8.90. The van der Waals surface area contributed by atoms with E-state index in [1.165, 1.54) is 6.07 Å². The zero-order valence-corrected chi connectivity index (χ0v) is 22.4. The molecular weight excluding hydrogens is 517 g/mol. The Labute approximate surface area is 225 Å². The molecule has 204 valence electrons. The number of carbonyl (C=O) groups excluding carboxylic acids is 1. The fourth-order valence-electron chi connectivity index (χ4n) is 3.50. The number of ether oxygens (including phenoxy) is 4. The Balaban J connectivity index is 1.60. The van der Waals surface area contributed by atoms with Crippen molar-refractivity contribution in [3.05, 3.63) is 77.9 Å². The van der Waals surface area contributed by atoms with Crippen LogP contribution in [0.2, 0.25) is 0 Å². The van der Waals surface area contributed by atoms with Gasteiger partial charge in [0.25, 0.3) is 0 Å². The molecular formula is C29H31F3O5S. The van der Waals surface area contributed by atoms with E-state index < -0.39 is 17.7 Å². The van der Waals surface area contributed by atoms with Crippen molar-refractivity contribution < 1.29 is 36.9 Å². The van der Waals surface area contributed by atoms with E-state index in [0.29, 0.717) is 24.5 Å². The number of hydrogen-bond acceptors (Lipinski definition) is 6. The Bertz CT molecular complexity index is 1180. The van der Waals surface area contributed by atoms with Crippen LogP contribution in [0.4, 0.5) is 13.2 Å². The van der Waals surface area contributed by atoms with Crippen LogP contribution in [0.25, 0.3) is 0 Å². The van der Waals surface area contributed by atoms with Crippen molar-refractivity contribution in [3.8, 4) is 23.0 Å². The van der Waals surface area contributed by atoms with Crippen LogP contribution in [-0.2, 0) is 22.1 Å². The molecule has 0 heterocycles. The summed E-state index contributed by atoms with van der Waals surface area (Å²) in [5.74, 6) is 1.64. The van der Waals surface area contributed by atoms with Gasteiger partial charge < -0.3 is 18.9 Å². The van der Waals surface area contributed by atoms with Crippen molar-refractivity contribution in [2.24, 2.45) is 0 Å². The Morgan fingerprint density at radius 3 is 2.37 bits per heavy atom. The molecule has 0 aromatic heterocycles. The molecule has 1 unspecified atom stereocenters. The Morgan fingerprint density at radius 2 is 1.68 bits per heavy atom. The molecule has 0 radical (unpaired) electrons. The summed E-state index contributed by atoms with van der Waals surface area (Å²) in [5.41, 5.74) is 0.177. The van der Waals surface area contributed by atoms with Gasteiger partial charge in [0.05, 0.1) is 18.3 Å². The molecule has 0 spiro atoms. The lowest BCUT2D eigenvalue weighted by molar-refractivity contribution is -0.145. The van der Waals surface area contributed by atoms with Gasteiger partial charge in [0.1, 0.15) is 11.5 Å². The molecule has 0 aliphatic rings. The molecule has 3 rings (SSSR count). The van der Waals surface area contributed by atoms with E-state index in [1.54, 1.807) is 49.0 Å². The number of alkyl halides is 3. The van der Waals surface area contributed by atoms with E-state index in [-0.39, 0.29) is 24.2 Å². The molecule has 3 aromatic carbocycles. The second kappa shape index (κ2) is 14.0. The number of halogens is 3. The second-order valence-electron chi connectivity index (χ2n) is 8.36. The van der Waals surface area contributed by atoms with Gasteiger partial charge in [-0.15, -0.1) is 11.8 Å². The van der Waals surface area contributed by atoms with Crippen molar-refractivity contribution in [3.63, 3.8) is 0 Å². The number of thioether (sulfide) groups is 1. The summed E-state index contributed by atoms with van der Waals surface area (Å²) in [4.78, 5) is 12.6. The van der Waals surface area contributed by atoms with Crippen LogP contribution < -0.4 is 14.2 Å². The van der Waals surface area contributed by atoms with Crippen LogP contribution in [0.1, 0.15) is 38.3 Å². The summed E-state index contributed by atoms with van der Waals surface area (Å²) in [5, 5.41) is 0. The third-order valence-electron chi connectivity index (χ3n) is 5.43. The van der Waals surface area contributed by atoms with E-state index in [9.17, 15) is 18.0 Å². The van der Waals surface area contributed by atoms with E-state index in [0.717, 1.165) is 34.8 Å². The molecule has 9 heteroatoms. The van der Waals surface area contributed by atoms with Crippen molar-refractivity contribution in [2.75, 3.05) is 19.0 Å². The van der Waals surface area contributed by atoms with Gasteiger partial charge in [-0.1, -0.05) is 25.1 Å². The minimum absolute atomic E-state index is 0.0107.